The maximum Gasteiger partial charge on any atom is 0.252 e. The van der Waals surface area contributed by atoms with Crippen molar-refractivity contribution in [2.75, 3.05) is 11.9 Å². The van der Waals surface area contributed by atoms with Crippen molar-refractivity contribution in [2.45, 2.75) is 13.0 Å². The Morgan fingerprint density at radius 1 is 1.22 bits per heavy atom. The molecule has 0 bridgehead atoms. The van der Waals surface area contributed by atoms with E-state index in [4.69, 9.17) is 11.6 Å². The first-order valence-corrected chi connectivity index (χ1v) is 6.37. The van der Waals surface area contributed by atoms with Crippen LogP contribution < -0.4 is 10.9 Å². The maximum atomic E-state index is 12.0. The van der Waals surface area contributed by atoms with Crippen molar-refractivity contribution in [3.63, 3.8) is 0 Å². The maximum absolute atomic E-state index is 12.0. The summed E-state index contributed by atoms with van der Waals surface area (Å²) in [6.45, 7) is 1.69. The van der Waals surface area contributed by atoms with E-state index >= 15 is 0 Å². The highest BCUT2D eigenvalue weighted by Gasteiger charge is 2.12. The number of halogens is 1. The third-order valence-corrected chi connectivity index (χ3v) is 3.51. The number of hydrogen-bond donors (Lipinski definition) is 1. The number of nitrogens with one attached hydrogen (secondary N) is 1. The molecule has 0 aliphatic carbocycles. The van der Waals surface area contributed by atoms with Gasteiger partial charge in [-0.25, -0.2) is 0 Å². The summed E-state index contributed by atoms with van der Waals surface area (Å²) in [4.78, 5) is 12.0. The molecule has 1 aromatic carbocycles. The van der Waals surface area contributed by atoms with Crippen LogP contribution >= 0.6 is 11.6 Å². The van der Waals surface area contributed by atoms with Gasteiger partial charge in [0.1, 0.15) is 5.82 Å². The number of pyridine rings is 1. The van der Waals surface area contributed by atoms with Crippen molar-refractivity contribution in [3.8, 4) is 11.1 Å². The second-order valence-electron chi connectivity index (χ2n) is 4.38. The van der Waals surface area contributed by atoms with Gasteiger partial charge in [0.05, 0.1) is 0 Å². The van der Waals surface area contributed by atoms with Gasteiger partial charge in [0.15, 0.2) is 0 Å². The highest BCUT2D eigenvalue weighted by molar-refractivity contribution is 6.33. The smallest absolute Gasteiger partial charge is 0.252 e. The van der Waals surface area contributed by atoms with E-state index in [-0.39, 0.29) is 5.56 Å². The fraction of sp³-hybridized carbons (Fsp3) is 0.214. The lowest BCUT2D eigenvalue weighted by molar-refractivity contribution is 0.609. The summed E-state index contributed by atoms with van der Waals surface area (Å²) >= 11 is 6.17. The molecule has 0 saturated carbocycles. The lowest BCUT2D eigenvalue weighted by Gasteiger charge is -2.20. The van der Waals surface area contributed by atoms with Crippen LogP contribution in [0.25, 0.3) is 11.1 Å². The molecule has 0 atom stereocenters. The van der Waals surface area contributed by atoms with E-state index in [1.165, 1.54) is 0 Å². The summed E-state index contributed by atoms with van der Waals surface area (Å²) in [5.74, 6) is 0.878. The van der Waals surface area contributed by atoms with Crippen molar-refractivity contribution in [1.29, 1.82) is 0 Å². The topological polar surface area (TPSA) is 34.0 Å². The molecule has 92 valence electrons. The predicted molar refractivity (Wildman–Crippen MR) is 74.3 cm³/mol. The Morgan fingerprint density at radius 2 is 2.06 bits per heavy atom. The molecule has 0 radical (unpaired) electrons. The molecule has 3 rings (SSSR count). The Morgan fingerprint density at radius 3 is 2.89 bits per heavy atom. The van der Waals surface area contributed by atoms with Crippen LogP contribution in [0.15, 0.2) is 41.2 Å². The lowest BCUT2D eigenvalue weighted by Crippen LogP contribution is -2.28. The van der Waals surface area contributed by atoms with Crippen molar-refractivity contribution in [2.24, 2.45) is 0 Å². The average Bonchev–Trinajstić information content (AvgIpc) is 2.39. The Balaban J connectivity index is 2.17. The molecule has 0 saturated heterocycles. The van der Waals surface area contributed by atoms with Gasteiger partial charge in [-0.1, -0.05) is 29.8 Å². The minimum atomic E-state index is 0.0228. The van der Waals surface area contributed by atoms with E-state index < -0.39 is 0 Å². The number of benzene rings is 1. The minimum Gasteiger partial charge on any atom is -0.371 e. The van der Waals surface area contributed by atoms with E-state index in [9.17, 15) is 4.79 Å². The van der Waals surface area contributed by atoms with E-state index in [2.05, 4.69) is 5.32 Å². The molecule has 0 fully saturated rings. The normalized spacial score (nSPS) is 13.8. The number of aromatic nitrogens is 1. The molecule has 1 aromatic heterocycles. The molecule has 0 amide bonds. The lowest BCUT2D eigenvalue weighted by atomic mass is 10.1. The molecule has 3 nitrogen and oxygen atoms in total. The molecule has 2 heterocycles. The van der Waals surface area contributed by atoms with Crippen LogP contribution in [0.3, 0.4) is 0 Å². The second-order valence-corrected chi connectivity index (χ2v) is 4.79. The standard InChI is InChI=1S/C14H13ClN2O/c15-12-5-2-1-4-11(12)10-8-13-16-6-3-7-17(13)14(18)9-10/h1-2,4-5,8-9,16H,3,6-7H2. The zero-order chi connectivity index (χ0) is 12.5. The first-order chi connectivity index (χ1) is 8.75. The largest absolute Gasteiger partial charge is 0.371 e. The number of rotatable bonds is 1. The number of anilines is 1. The van der Waals surface area contributed by atoms with Crippen LogP contribution in [-0.4, -0.2) is 11.1 Å². The van der Waals surface area contributed by atoms with E-state index in [1.807, 2.05) is 30.3 Å². The zero-order valence-electron chi connectivity index (χ0n) is 9.82. The highest BCUT2D eigenvalue weighted by atomic mass is 35.5. The van der Waals surface area contributed by atoms with Gasteiger partial charge >= 0.3 is 0 Å². The van der Waals surface area contributed by atoms with Gasteiger partial charge in [0, 0.05) is 29.7 Å². The summed E-state index contributed by atoms with van der Waals surface area (Å²) in [6.07, 6.45) is 0.984. The summed E-state index contributed by atoms with van der Waals surface area (Å²) < 4.78 is 1.77. The van der Waals surface area contributed by atoms with E-state index in [0.717, 1.165) is 36.5 Å². The van der Waals surface area contributed by atoms with Crippen molar-refractivity contribution >= 4 is 17.4 Å². The molecule has 1 aliphatic heterocycles. The van der Waals surface area contributed by atoms with Crippen molar-refractivity contribution in [1.82, 2.24) is 4.57 Å². The van der Waals surface area contributed by atoms with Gasteiger partial charge in [-0.3, -0.25) is 9.36 Å². The zero-order valence-corrected chi connectivity index (χ0v) is 10.6. The number of fused-ring (bicyclic) bond motifs is 1. The fourth-order valence-electron chi connectivity index (χ4n) is 2.28. The summed E-state index contributed by atoms with van der Waals surface area (Å²) in [6, 6.07) is 11.2. The van der Waals surface area contributed by atoms with Crippen LogP contribution in [0.2, 0.25) is 5.02 Å². The third kappa shape index (κ3) is 1.91. The van der Waals surface area contributed by atoms with Crippen LogP contribution in [-0.2, 0) is 6.54 Å². The number of hydrogen-bond acceptors (Lipinski definition) is 2. The molecule has 2 aromatic rings. The molecule has 18 heavy (non-hydrogen) atoms. The summed E-state index contributed by atoms with van der Waals surface area (Å²) in [5, 5.41) is 3.92. The minimum absolute atomic E-state index is 0.0228. The van der Waals surface area contributed by atoms with Gasteiger partial charge in [0.25, 0.3) is 5.56 Å². The fourth-order valence-corrected chi connectivity index (χ4v) is 2.52. The molecule has 4 heteroatoms. The first kappa shape index (κ1) is 11.4. The van der Waals surface area contributed by atoms with Gasteiger partial charge in [-0.2, -0.15) is 0 Å². The Hall–Kier alpha value is -1.74. The molecule has 0 unspecified atom stereocenters. The van der Waals surface area contributed by atoms with E-state index in [0.29, 0.717) is 5.02 Å². The van der Waals surface area contributed by atoms with Crippen LogP contribution in [0.4, 0.5) is 5.82 Å². The molecule has 1 aliphatic rings. The Kier molecular flexibility index (Phi) is 2.84. The van der Waals surface area contributed by atoms with Gasteiger partial charge in [0.2, 0.25) is 0 Å². The van der Waals surface area contributed by atoms with Gasteiger partial charge < -0.3 is 5.32 Å². The molecule has 0 spiro atoms. The predicted octanol–water partition coefficient (Wildman–Crippen LogP) is 2.98. The molecular weight excluding hydrogens is 248 g/mol. The van der Waals surface area contributed by atoms with Gasteiger partial charge in [-0.05, 0) is 24.1 Å². The SMILES string of the molecule is O=c1cc(-c2ccccc2Cl)cc2n1CCCN2. The van der Waals surface area contributed by atoms with Crippen LogP contribution in [0, 0.1) is 0 Å². The van der Waals surface area contributed by atoms with E-state index in [1.54, 1.807) is 10.6 Å². The average molecular weight is 261 g/mol. The third-order valence-electron chi connectivity index (χ3n) is 3.18. The summed E-state index contributed by atoms with van der Waals surface area (Å²) in [5.41, 5.74) is 1.79. The van der Waals surface area contributed by atoms with Crippen LogP contribution in [0.1, 0.15) is 6.42 Å². The molecule has 1 N–H and O–H groups in total. The quantitative estimate of drug-likeness (QED) is 0.855. The van der Waals surface area contributed by atoms with Crippen molar-refractivity contribution < 1.29 is 0 Å². The molecular formula is C14H13ClN2O. The van der Waals surface area contributed by atoms with Crippen LogP contribution in [0.5, 0.6) is 0 Å². The second kappa shape index (κ2) is 4.50. The van der Waals surface area contributed by atoms with Crippen molar-refractivity contribution in [3.05, 3.63) is 51.8 Å². The highest BCUT2D eigenvalue weighted by Crippen LogP contribution is 2.28. The van der Waals surface area contributed by atoms with Gasteiger partial charge in [-0.15, -0.1) is 0 Å². The summed E-state index contributed by atoms with van der Waals surface area (Å²) in [7, 11) is 0. The first-order valence-electron chi connectivity index (χ1n) is 5.99. The Bertz CT molecular complexity index is 648. The number of nitrogens with zero attached hydrogens (tertiary/aromatic N) is 1. The Labute approximate surface area is 110 Å². The monoisotopic (exact) mass is 260 g/mol.